The normalized spacial score (nSPS) is 22.8. The number of benzene rings is 2. The van der Waals surface area contributed by atoms with E-state index in [2.05, 4.69) is 17.1 Å². The van der Waals surface area contributed by atoms with Gasteiger partial charge in [-0.15, -0.1) is 0 Å². The first-order chi connectivity index (χ1) is 19.1. The average molecular weight is 551 g/mol. The summed E-state index contributed by atoms with van der Waals surface area (Å²) in [5, 5.41) is 3.83. The highest BCUT2D eigenvalue weighted by molar-refractivity contribution is 7.99. The molecule has 0 spiro atoms. The van der Waals surface area contributed by atoms with Crippen molar-refractivity contribution in [3.63, 3.8) is 0 Å². The molecule has 0 aromatic heterocycles. The molecule has 2 aromatic rings. The number of halogens is 1. The van der Waals surface area contributed by atoms with Gasteiger partial charge in [0.05, 0.1) is 6.04 Å². The number of thioether (sulfide) groups is 1. The summed E-state index contributed by atoms with van der Waals surface area (Å²) in [5.74, 6) is 0.848. The summed E-state index contributed by atoms with van der Waals surface area (Å²) >= 11 is 2.05. The predicted molar refractivity (Wildman–Crippen MR) is 155 cm³/mol. The molecule has 3 fully saturated rings. The van der Waals surface area contributed by atoms with Crippen LogP contribution < -0.4 is 5.32 Å². The lowest BCUT2D eigenvalue weighted by molar-refractivity contribution is -0.149. The van der Waals surface area contributed by atoms with Gasteiger partial charge in [-0.25, -0.2) is 4.39 Å². The van der Waals surface area contributed by atoms with E-state index in [-0.39, 0.29) is 29.8 Å². The quantitative estimate of drug-likeness (QED) is 0.278. The molecule has 1 heterocycles. The van der Waals surface area contributed by atoms with Crippen molar-refractivity contribution in [3.8, 4) is 0 Å². The maximum absolute atomic E-state index is 13.8. The van der Waals surface area contributed by atoms with Crippen LogP contribution in [0.3, 0.4) is 0 Å². The second-order valence-corrected chi connectivity index (χ2v) is 12.4. The van der Waals surface area contributed by atoms with Crippen molar-refractivity contribution in [3.05, 3.63) is 76.8 Å². The Morgan fingerprint density at radius 3 is 2.59 bits per heavy atom. The number of carbonyl (C=O) groups is 2. The van der Waals surface area contributed by atoms with Crippen LogP contribution in [0.1, 0.15) is 85.7 Å². The van der Waals surface area contributed by atoms with E-state index < -0.39 is 0 Å². The van der Waals surface area contributed by atoms with Crippen LogP contribution in [0.15, 0.2) is 54.3 Å². The van der Waals surface area contributed by atoms with Gasteiger partial charge in [0.15, 0.2) is 5.76 Å². The molecule has 3 aliphatic rings. The van der Waals surface area contributed by atoms with E-state index in [1.807, 2.05) is 23.1 Å². The molecule has 5 rings (SSSR count). The average Bonchev–Trinajstić information content (AvgIpc) is 2.96. The van der Waals surface area contributed by atoms with Crippen LogP contribution in [0.5, 0.6) is 0 Å². The number of fused-ring (bicyclic) bond motifs is 1. The first-order valence-electron chi connectivity index (χ1n) is 14.5. The van der Waals surface area contributed by atoms with E-state index in [0.29, 0.717) is 24.4 Å². The van der Waals surface area contributed by atoms with Gasteiger partial charge in [0.2, 0.25) is 0 Å². The molecule has 39 heavy (non-hydrogen) atoms. The molecule has 1 aliphatic heterocycles. The number of hydrogen-bond donors (Lipinski definition) is 1. The molecule has 2 amide bonds. The van der Waals surface area contributed by atoms with Gasteiger partial charge >= 0.3 is 0 Å². The first kappa shape index (κ1) is 27.8. The Bertz CT molecular complexity index is 1160. The number of ether oxygens (including phenoxy) is 1. The van der Waals surface area contributed by atoms with Crippen LogP contribution in [0, 0.1) is 5.82 Å². The first-order valence-corrected chi connectivity index (χ1v) is 15.6. The highest BCUT2D eigenvalue weighted by atomic mass is 32.2. The summed E-state index contributed by atoms with van der Waals surface area (Å²) in [5.41, 5.74) is 2.18. The van der Waals surface area contributed by atoms with Gasteiger partial charge in [-0.1, -0.05) is 49.9 Å². The van der Waals surface area contributed by atoms with Crippen LogP contribution in [0.4, 0.5) is 4.39 Å². The third-order valence-electron chi connectivity index (χ3n) is 8.04. The van der Waals surface area contributed by atoms with Crippen molar-refractivity contribution >= 4 is 29.7 Å². The van der Waals surface area contributed by atoms with Crippen molar-refractivity contribution in [2.75, 3.05) is 12.3 Å². The summed E-state index contributed by atoms with van der Waals surface area (Å²) in [6.45, 7) is 1.03. The molecule has 2 saturated carbocycles. The fourth-order valence-corrected chi connectivity index (χ4v) is 7.24. The van der Waals surface area contributed by atoms with E-state index in [9.17, 15) is 14.0 Å². The van der Waals surface area contributed by atoms with Gasteiger partial charge in [0.1, 0.15) is 11.9 Å². The molecule has 5 nitrogen and oxygen atoms in total. The van der Waals surface area contributed by atoms with Gasteiger partial charge in [0.25, 0.3) is 11.8 Å². The minimum atomic E-state index is -0.299. The molecule has 1 saturated heterocycles. The molecule has 2 aliphatic carbocycles. The van der Waals surface area contributed by atoms with Crippen molar-refractivity contribution in [1.82, 2.24) is 10.2 Å². The largest absolute Gasteiger partial charge is 0.482 e. The Labute approximate surface area is 235 Å². The number of carbonyl (C=O) groups excluding carboxylic acids is 2. The lowest BCUT2D eigenvalue weighted by Crippen LogP contribution is -2.54. The van der Waals surface area contributed by atoms with Crippen LogP contribution >= 0.6 is 11.8 Å². The van der Waals surface area contributed by atoms with E-state index in [4.69, 9.17) is 4.74 Å². The molecular formula is C32H39FN2O3S. The Kier molecular flexibility index (Phi) is 9.62. The standard InChI is InChI=1S/C32H39FN2O3S/c33-26-9-6-8-24(20-26)22-35-28-12-4-5-13-29(28)38-30(32(35)37)21-23-14-16-25(17-15-23)31(36)34-18-7-19-39-27-10-2-1-3-11-27/h6,8-9,14-17,20-21,27-29H,1-5,7,10-13,18-19,22H2,(H,34,36)/b30-21-. The number of morpholine rings is 1. The van der Waals surface area contributed by atoms with Crippen LogP contribution in [-0.2, 0) is 16.1 Å². The Morgan fingerprint density at radius 1 is 1.03 bits per heavy atom. The molecule has 0 bridgehead atoms. The topological polar surface area (TPSA) is 58.6 Å². The summed E-state index contributed by atoms with van der Waals surface area (Å²) in [7, 11) is 0. The maximum atomic E-state index is 13.8. The third-order valence-corrected chi connectivity index (χ3v) is 9.51. The predicted octanol–water partition coefficient (Wildman–Crippen LogP) is 6.72. The summed E-state index contributed by atoms with van der Waals surface area (Å²) in [6.07, 6.45) is 13.4. The second-order valence-electron chi connectivity index (χ2n) is 10.9. The van der Waals surface area contributed by atoms with Crippen LogP contribution in [-0.4, -0.2) is 46.4 Å². The number of hydrogen-bond acceptors (Lipinski definition) is 4. The summed E-state index contributed by atoms with van der Waals surface area (Å²) < 4.78 is 20.0. The Hall–Kier alpha value is -2.80. The molecule has 2 aromatic carbocycles. The lowest BCUT2D eigenvalue weighted by atomic mass is 9.89. The Balaban J connectivity index is 1.18. The molecular weight excluding hydrogens is 511 g/mol. The summed E-state index contributed by atoms with van der Waals surface area (Å²) in [4.78, 5) is 28.0. The maximum Gasteiger partial charge on any atom is 0.289 e. The fourth-order valence-electron chi connectivity index (χ4n) is 5.93. The SMILES string of the molecule is O=C(NCCCSC1CCCCC1)c1ccc(/C=C2\OC3CCCCC3N(Cc3cccc(F)c3)C2=O)cc1. The highest BCUT2D eigenvalue weighted by Gasteiger charge is 2.41. The van der Waals surface area contributed by atoms with Crippen molar-refractivity contribution in [2.24, 2.45) is 0 Å². The second kappa shape index (κ2) is 13.5. The number of rotatable bonds is 9. The van der Waals surface area contributed by atoms with Gasteiger partial charge in [0, 0.05) is 23.9 Å². The van der Waals surface area contributed by atoms with E-state index in [0.717, 1.165) is 54.2 Å². The minimum Gasteiger partial charge on any atom is -0.482 e. The van der Waals surface area contributed by atoms with Crippen molar-refractivity contribution < 1.29 is 18.7 Å². The Morgan fingerprint density at radius 2 is 1.79 bits per heavy atom. The van der Waals surface area contributed by atoms with E-state index in [1.54, 1.807) is 24.3 Å². The van der Waals surface area contributed by atoms with Gasteiger partial charge in [-0.3, -0.25) is 9.59 Å². The number of nitrogens with one attached hydrogen (secondary N) is 1. The van der Waals surface area contributed by atoms with Crippen LogP contribution in [0.25, 0.3) is 6.08 Å². The van der Waals surface area contributed by atoms with E-state index in [1.165, 1.54) is 44.2 Å². The zero-order valence-electron chi connectivity index (χ0n) is 22.6. The fraction of sp³-hybridized carbons (Fsp3) is 0.500. The molecule has 0 radical (unpaired) electrons. The van der Waals surface area contributed by atoms with Crippen LogP contribution in [0.2, 0.25) is 0 Å². The zero-order valence-corrected chi connectivity index (χ0v) is 23.4. The molecule has 208 valence electrons. The van der Waals surface area contributed by atoms with Gasteiger partial charge < -0.3 is 15.0 Å². The smallest absolute Gasteiger partial charge is 0.289 e. The lowest BCUT2D eigenvalue weighted by Gasteiger charge is -2.44. The van der Waals surface area contributed by atoms with Crippen molar-refractivity contribution in [1.29, 1.82) is 0 Å². The zero-order chi connectivity index (χ0) is 27.0. The monoisotopic (exact) mass is 550 g/mol. The number of nitrogens with zero attached hydrogens (tertiary/aromatic N) is 1. The molecule has 1 N–H and O–H groups in total. The molecule has 7 heteroatoms. The molecule has 2 unspecified atom stereocenters. The molecule has 2 atom stereocenters. The summed E-state index contributed by atoms with van der Waals surface area (Å²) in [6, 6.07) is 13.7. The number of amides is 2. The highest BCUT2D eigenvalue weighted by Crippen LogP contribution is 2.34. The minimum absolute atomic E-state index is 0.00111. The van der Waals surface area contributed by atoms with Gasteiger partial charge in [-0.05, 0) is 85.7 Å². The van der Waals surface area contributed by atoms with Gasteiger partial charge in [-0.2, -0.15) is 11.8 Å². The third kappa shape index (κ3) is 7.44. The van der Waals surface area contributed by atoms with E-state index >= 15 is 0 Å². The van der Waals surface area contributed by atoms with Crippen molar-refractivity contribution in [2.45, 2.75) is 88.1 Å².